The molecule has 0 aliphatic heterocycles. The van der Waals surface area contributed by atoms with Crippen molar-refractivity contribution < 1.29 is 4.43 Å². The van der Waals surface area contributed by atoms with Crippen molar-refractivity contribution in [1.82, 2.24) is 0 Å². The Balaban J connectivity index is 1.93. The summed E-state index contributed by atoms with van der Waals surface area (Å²) < 4.78 is 7.14. The summed E-state index contributed by atoms with van der Waals surface area (Å²) >= 11 is 0. The molecule has 2 aromatic rings. The fraction of sp³-hybridized carbons (Fsp3) is 0.538. The van der Waals surface area contributed by atoms with Gasteiger partial charge in [0.1, 0.15) is 0 Å². The molecule has 0 amide bonds. The molecule has 0 radical (unpaired) electrons. The molecule has 1 aliphatic rings. The molecular formula is C26H39NOSi. The zero-order chi connectivity index (χ0) is 20.8. The predicted octanol–water partition coefficient (Wildman–Crippen LogP) is 5.25. The molecule has 29 heavy (non-hydrogen) atoms. The van der Waals surface area contributed by atoms with E-state index in [4.69, 9.17) is 10.2 Å². The number of nitrogens with two attached hydrogens (primary N) is 1. The molecule has 0 aromatic heterocycles. The van der Waals surface area contributed by atoms with Gasteiger partial charge >= 0.3 is 0 Å². The molecule has 0 unspecified atom stereocenters. The second kappa shape index (κ2) is 9.59. The van der Waals surface area contributed by atoms with Crippen molar-refractivity contribution in [2.24, 2.45) is 11.1 Å². The first-order chi connectivity index (χ1) is 13.9. The molecular weight excluding hydrogens is 370 g/mol. The summed E-state index contributed by atoms with van der Waals surface area (Å²) in [5.41, 5.74) is 6.41. The molecule has 158 valence electrons. The molecule has 2 nitrogen and oxygen atoms in total. The molecule has 1 saturated carbocycles. The molecule has 3 heteroatoms. The van der Waals surface area contributed by atoms with Gasteiger partial charge in [-0.25, -0.2) is 0 Å². The van der Waals surface area contributed by atoms with Gasteiger partial charge in [-0.3, -0.25) is 0 Å². The Bertz CT molecular complexity index is 687. The van der Waals surface area contributed by atoms with Gasteiger partial charge in [-0.2, -0.15) is 0 Å². The molecule has 1 aliphatic carbocycles. The Kier molecular flexibility index (Phi) is 7.36. The fourth-order valence-corrected chi connectivity index (χ4v) is 9.98. The monoisotopic (exact) mass is 409 g/mol. The van der Waals surface area contributed by atoms with Gasteiger partial charge in [0, 0.05) is 6.61 Å². The van der Waals surface area contributed by atoms with Crippen molar-refractivity contribution in [2.45, 2.75) is 70.8 Å². The maximum absolute atomic E-state index is 7.14. The van der Waals surface area contributed by atoms with Crippen LogP contribution in [0, 0.1) is 5.41 Å². The number of rotatable bonds is 8. The molecule has 0 spiro atoms. The van der Waals surface area contributed by atoms with E-state index in [0.29, 0.717) is 5.41 Å². The highest BCUT2D eigenvalue weighted by atomic mass is 28.4. The first kappa shape index (κ1) is 22.3. The molecule has 0 bridgehead atoms. The van der Waals surface area contributed by atoms with Crippen LogP contribution in [0.2, 0.25) is 5.04 Å². The highest BCUT2D eigenvalue weighted by Crippen LogP contribution is 2.43. The molecule has 1 fully saturated rings. The van der Waals surface area contributed by atoms with Gasteiger partial charge in [-0.1, -0.05) is 101 Å². The minimum absolute atomic E-state index is 0.0449. The molecule has 0 heterocycles. The maximum Gasteiger partial charge on any atom is 0.261 e. The SMILES string of the molecule is CC(C)(C)[Si](OCCC1(CCN)CCCCC1)(c1ccccc1)c1ccccc1. The molecule has 2 N–H and O–H groups in total. The van der Waals surface area contributed by atoms with Gasteiger partial charge in [0.15, 0.2) is 0 Å². The summed E-state index contributed by atoms with van der Waals surface area (Å²) in [6.07, 6.45) is 8.97. The van der Waals surface area contributed by atoms with Crippen molar-refractivity contribution in [2.75, 3.05) is 13.2 Å². The second-order valence-electron chi connectivity index (χ2n) is 9.86. The van der Waals surface area contributed by atoms with Gasteiger partial charge in [-0.15, -0.1) is 0 Å². The van der Waals surface area contributed by atoms with E-state index in [1.807, 2.05) is 0 Å². The zero-order valence-corrected chi connectivity index (χ0v) is 19.6. The Hall–Kier alpha value is -1.42. The van der Waals surface area contributed by atoms with Gasteiger partial charge in [0.2, 0.25) is 0 Å². The van der Waals surface area contributed by atoms with Crippen LogP contribution in [0.25, 0.3) is 0 Å². The third kappa shape index (κ3) is 4.84. The Morgan fingerprint density at radius 2 is 1.34 bits per heavy atom. The van der Waals surface area contributed by atoms with E-state index < -0.39 is 8.32 Å². The largest absolute Gasteiger partial charge is 0.407 e. The van der Waals surface area contributed by atoms with Crippen molar-refractivity contribution in [3.05, 3.63) is 60.7 Å². The van der Waals surface area contributed by atoms with E-state index in [-0.39, 0.29) is 5.04 Å². The molecule has 0 atom stereocenters. The van der Waals surface area contributed by atoms with E-state index in [9.17, 15) is 0 Å². The maximum atomic E-state index is 7.14. The Morgan fingerprint density at radius 1 is 0.828 bits per heavy atom. The third-order valence-corrected chi connectivity index (χ3v) is 12.0. The first-order valence-electron chi connectivity index (χ1n) is 11.4. The number of hydrogen-bond donors (Lipinski definition) is 1. The van der Waals surface area contributed by atoms with Crippen LogP contribution in [0.1, 0.15) is 65.7 Å². The average molecular weight is 410 g/mol. The van der Waals surface area contributed by atoms with Crippen LogP contribution in [-0.4, -0.2) is 21.5 Å². The van der Waals surface area contributed by atoms with Crippen LogP contribution in [0.15, 0.2) is 60.7 Å². The van der Waals surface area contributed by atoms with Gasteiger partial charge in [0.25, 0.3) is 8.32 Å². The van der Waals surface area contributed by atoms with Gasteiger partial charge in [0.05, 0.1) is 0 Å². The normalized spacial score (nSPS) is 17.2. The zero-order valence-electron chi connectivity index (χ0n) is 18.6. The standard InChI is InChI=1S/C26H39NOSi/c1-25(2,3)29(23-13-7-4-8-14-23,24-15-9-5-10-16-24)28-22-20-26(19-21-27)17-11-6-12-18-26/h4-5,7-10,13-16H,6,11-12,17-22,27H2,1-3H3. The van der Waals surface area contributed by atoms with Gasteiger partial charge in [-0.05, 0) is 53.1 Å². The first-order valence-corrected chi connectivity index (χ1v) is 13.3. The highest BCUT2D eigenvalue weighted by molar-refractivity contribution is 6.99. The van der Waals surface area contributed by atoms with Crippen LogP contribution in [0.5, 0.6) is 0 Å². The molecule has 0 saturated heterocycles. The molecule has 3 rings (SSSR count). The van der Waals surface area contributed by atoms with Crippen molar-refractivity contribution in [3.8, 4) is 0 Å². The van der Waals surface area contributed by atoms with E-state index in [2.05, 4.69) is 81.4 Å². The van der Waals surface area contributed by atoms with Crippen LogP contribution in [0.4, 0.5) is 0 Å². The average Bonchev–Trinajstić information content (AvgIpc) is 2.73. The van der Waals surface area contributed by atoms with Crippen LogP contribution >= 0.6 is 0 Å². The Labute approximate surface area is 179 Å². The van der Waals surface area contributed by atoms with Crippen molar-refractivity contribution in [3.63, 3.8) is 0 Å². The van der Waals surface area contributed by atoms with Crippen molar-refractivity contribution in [1.29, 1.82) is 0 Å². The molecule has 2 aromatic carbocycles. The van der Waals surface area contributed by atoms with E-state index in [0.717, 1.165) is 26.0 Å². The quantitative estimate of drug-likeness (QED) is 0.604. The van der Waals surface area contributed by atoms with Crippen molar-refractivity contribution >= 4 is 18.7 Å². The highest BCUT2D eigenvalue weighted by Gasteiger charge is 2.50. The third-order valence-electron chi connectivity index (χ3n) is 6.96. The topological polar surface area (TPSA) is 35.2 Å². The summed E-state index contributed by atoms with van der Waals surface area (Å²) in [4.78, 5) is 0. The lowest BCUT2D eigenvalue weighted by Crippen LogP contribution is -2.66. The van der Waals surface area contributed by atoms with Crippen LogP contribution in [0.3, 0.4) is 0 Å². The summed E-state index contributed by atoms with van der Waals surface area (Å²) in [5, 5.41) is 2.79. The fourth-order valence-electron chi connectivity index (χ4n) is 5.42. The number of benzene rings is 2. The lowest BCUT2D eigenvalue weighted by molar-refractivity contribution is 0.125. The number of hydrogen-bond acceptors (Lipinski definition) is 2. The van der Waals surface area contributed by atoms with Crippen LogP contribution in [-0.2, 0) is 4.43 Å². The summed E-state index contributed by atoms with van der Waals surface area (Å²) in [5.74, 6) is 0. The lowest BCUT2D eigenvalue weighted by Gasteiger charge is -2.44. The van der Waals surface area contributed by atoms with Crippen LogP contribution < -0.4 is 16.1 Å². The summed E-state index contributed by atoms with van der Waals surface area (Å²) in [6.45, 7) is 8.69. The lowest BCUT2D eigenvalue weighted by atomic mass is 9.70. The second-order valence-corrected chi connectivity index (χ2v) is 14.2. The Morgan fingerprint density at radius 3 is 1.79 bits per heavy atom. The minimum Gasteiger partial charge on any atom is -0.407 e. The van der Waals surface area contributed by atoms with E-state index >= 15 is 0 Å². The summed E-state index contributed by atoms with van der Waals surface area (Å²) in [6, 6.07) is 22.0. The minimum atomic E-state index is -2.42. The van der Waals surface area contributed by atoms with E-state index in [1.54, 1.807) is 0 Å². The summed E-state index contributed by atoms with van der Waals surface area (Å²) in [7, 11) is -2.42. The van der Waals surface area contributed by atoms with Gasteiger partial charge < -0.3 is 10.2 Å². The van der Waals surface area contributed by atoms with E-state index in [1.165, 1.54) is 42.5 Å². The predicted molar refractivity (Wildman–Crippen MR) is 127 cm³/mol. The smallest absolute Gasteiger partial charge is 0.261 e.